The molecule has 0 aromatic heterocycles. The van der Waals surface area contributed by atoms with Gasteiger partial charge in [0.25, 0.3) is 0 Å². The standard InChI is InChI=1S/C16H31NO3/c1-5-6-13-7-9-16(12-17,10-8-13)19-11-14(18)20-15(2,3)4/h13H,5-12,17H2,1-4H3. The fourth-order valence-corrected chi connectivity index (χ4v) is 2.89. The zero-order valence-electron chi connectivity index (χ0n) is 13.5. The maximum Gasteiger partial charge on any atom is 0.332 e. The first kappa shape index (κ1) is 17.4. The Morgan fingerprint density at radius 1 is 1.30 bits per heavy atom. The van der Waals surface area contributed by atoms with Crippen molar-refractivity contribution in [2.45, 2.75) is 77.4 Å². The van der Waals surface area contributed by atoms with Crippen molar-refractivity contribution in [2.24, 2.45) is 11.7 Å². The Bertz CT molecular complexity index is 301. The zero-order chi connectivity index (χ0) is 15.2. The van der Waals surface area contributed by atoms with E-state index in [0.29, 0.717) is 6.54 Å². The first-order valence-electron chi connectivity index (χ1n) is 7.86. The van der Waals surface area contributed by atoms with Gasteiger partial charge in [-0.25, -0.2) is 4.79 Å². The molecule has 1 aliphatic carbocycles. The van der Waals surface area contributed by atoms with Crippen LogP contribution in [0.4, 0.5) is 0 Å². The van der Waals surface area contributed by atoms with Crippen molar-refractivity contribution < 1.29 is 14.3 Å². The van der Waals surface area contributed by atoms with Crippen LogP contribution in [0.1, 0.15) is 66.2 Å². The molecule has 0 spiro atoms. The number of rotatable bonds is 6. The van der Waals surface area contributed by atoms with Gasteiger partial charge < -0.3 is 15.2 Å². The number of hydrogen-bond donors (Lipinski definition) is 1. The molecular formula is C16H31NO3. The highest BCUT2D eigenvalue weighted by atomic mass is 16.6. The van der Waals surface area contributed by atoms with Gasteiger partial charge in [0.1, 0.15) is 12.2 Å². The maximum absolute atomic E-state index is 11.7. The van der Waals surface area contributed by atoms with Crippen LogP contribution in [0, 0.1) is 5.92 Å². The van der Waals surface area contributed by atoms with E-state index in [-0.39, 0.29) is 18.2 Å². The third kappa shape index (κ3) is 5.80. The van der Waals surface area contributed by atoms with Crippen molar-refractivity contribution in [3.05, 3.63) is 0 Å². The molecule has 0 saturated heterocycles. The van der Waals surface area contributed by atoms with Crippen LogP contribution < -0.4 is 5.73 Å². The molecule has 1 saturated carbocycles. The molecule has 1 fully saturated rings. The van der Waals surface area contributed by atoms with Crippen molar-refractivity contribution in [3.63, 3.8) is 0 Å². The minimum absolute atomic E-state index is 0.00686. The van der Waals surface area contributed by atoms with Crippen molar-refractivity contribution in [1.82, 2.24) is 0 Å². The summed E-state index contributed by atoms with van der Waals surface area (Å²) in [5.41, 5.74) is 5.11. The Kier molecular flexibility index (Phi) is 6.46. The highest BCUT2D eigenvalue weighted by Crippen LogP contribution is 2.36. The largest absolute Gasteiger partial charge is 0.458 e. The Labute approximate surface area is 123 Å². The summed E-state index contributed by atoms with van der Waals surface area (Å²) in [7, 11) is 0. The third-order valence-corrected chi connectivity index (χ3v) is 4.00. The summed E-state index contributed by atoms with van der Waals surface area (Å²) in [6.45, 7) is 8.30. The Balaban J connectivity index is 2.42. The van der Waals surface area contributed by atoms with E-state index in [1.165, 1.54) is 12.8 Å². The summed E-state index contributed by atoms with van der Waals surface area (Å²) < 4.78 is 11.1. The molecular weight excluding hydrogens is 254 g/mol. The van der Waals surface area contributed by atoms with Gasteiger partial charge in [-0.3, -0.25) is 0 Å². The maximum atomic E-state index is 11.7. The molecule has 1 rings (SSSR count). The fraction of sp³-hybridized carbons (Fsp3) is 0.938. The first-order valence-corrected chi connectivity index (χ1v) is 7.86. The molecule has 0 amide bonds. The Morgan fingerprint density at radius 2 is 1.90 bits per heavy atom. The summed E-state index contributed by atoms with van der Waals surface area (Å²) in [5, 5.41) is 0. The van der Waals surface area contributed by atoms with Crippen LogP contribution in [0.5, 0.6) is 0 Å². The van der Waals surface area contributed by atoms with E-state index in [2.05, 4.69) is 6.92 Å². The minimum atomic E-state index is -0.463. The monoisotopic (exact) mass is 285 g/mol. The van der Waals surface area contributed by atoms with E-state index in [1.54, 1.807) is 0 Å². The lowest BCUT2D eigenvalue weighted by atomic mass is 9.77. The van der Waals surface area contributed by atoms with Crippen LogP contribution >= 0.6 is 0 Å². The summed E-state index contributed by atoms with van der Waals surface area (Å²) >= 11 is 0. The number of nitrogens with two attached hydrogens (primary N) is 1. The van der Waals surface area contributed by atoms with E-state index in [1.807, 2.05) is 20.8 Å². The van der Waals surface area contributed by atoms with Crippen molar-refractivity contribution in [1.29, 1.82) is 0 Å². The van der Waals surface area contributed by atoms with E-state index in [4.69, 9.17) is 15.2 Å². The van der Waals surface area contributed by atoms with Crippen LogP contribution in [0.2, 0.25) is 0 Å². The second-order valence-corrected chi connectivity index (χ2v) is 6.99. The number of carbonyl (C=O) groups excluding carboxylic acids is 1. The average Bonchev–Trinajstić information content (AvgIpc) is 2.37. The fourth-order valence-electron chi connectivity index (χ4n) is 2.89. The van der Waals surface area contributed by atoms with Gasteiger partial charge >= 0.3 is 5.97 Å². The summed E-state index contributed by atoms with van der Waals surface area (Å²) in [4.78, 5) is 11.7. The molecule has 4 nitrogen and oxygen atoms in total. The number of hydrogen-bond acceptors (Lipinski definition) is 4. The molecule has 0 aromatic carbocycles. The summed E-state index contributed by atoms with van der Waals surface area (Å²) in [5.74, 6) is 0.491. The number of esters is 1. The third-order valence-electron chi connectivity index (χ3n) is 4.00. The molecule has 0 atom stereocenters. The molecule has 4 heteroatoms. The van der Waals surface area contributed by atoms with E-state index < -0.39 is 5.60 Å². The van der Waals surface area contributed by atoms with Gasteiger partial charge in [-0.1, -0.05) is 19.8 Å². The number of carbonyl (C=O) groups is 1. The average molecular weight is 285 g/mol. The predicted molar refractivity (Wildman–Crippen MR) is 80.4 cm³/mol. The van der Waals surface area contributed by atoms with Gasteiger partial charge in [0.2, 0.25) is 0 Å². The second kappa shape index (κ2) is 7.41. The second-order valence-electron chi connectivity index (χ2n) is 6.99. The molecule has 0 heterocycles. The molecule has 20 heavy (non-hydrogen) atoms. The lowest BCUT2D eigenvalue weighted by Gasteiger charge is -2.39. The normalized spacial score (nSPS) is 27.4. The lowest BCUT2D eigenvalue weighted by Crippen LogP contribution is -2.45. The molecule has 0 unspecified atom stereocenters. The zero-order valence-corrected chi connectivity index (χ0v) is 13.5. The highest BCUT2D eigenvalue weighted by molar-refractivity contribution is 5.71. The highest BCUT2D eigenvalue weighted by Gasteiger charge is 2.35. The Morgan fingerprint density at radius 3 is 2.35 bits per heavy atom. The smallest absolute Gasteiger partial charge is 0.332 e. The van der Waals surface area contributed by atoms with Crippen LogP contribution in [0.25, 0.3) is 0 Å². The van der Waals surface area contributed by atoms with E-state index in [0.717, 1.165) is 31.6 Å². The molecule has 0 radical (unpaired) electrons. The molecule has 1 aliphatic rings. The van der Waals surface area contributed by atoms with Crippen LogP contribution in [0.3, 0.4) is 0 Å². The number of ether oxygens (including phenoxy) is 2. The van der Waals surface area contributed by atoms with Crippen molar-refractivity contribution >= 4 is 5.97 Å². The SMILES string of the molecule is CCCC1CCC(CN)(OCC(=O)OC(C)(C)C)CC1. The quantitative estimate of drug-likeness (QED) is 0.762. The molecule has 118 valence electrons. The Hall–Kier alpha value is -0.610. The first-order chi connectivity index (χ1) is 9.30. The van der Waals surface area contributed by atoms with Crippen LogP contribution in [-0.2, 0) is 14.3 Å². The van der Waals surface area contributed by atoms with Crippen molar-refractivity contribution in [2.75, 3.05) is 13.2 Å². The van der Waals surface area contributed by atoms with Crippen LogP contribution in [0.15, 0.2) is 0 Å². The lowest BCUT2D eigenvalue weighted by molar-refractivity contribution is -0.169. The predicted octanol–water partition coefficient (Wildman–Crippen LogP) is 3.03. The van der Waals surface area contributed by atoms with Gasteiger partial charge in [0, 0.05) is 6.54 Å². The van der Waals surface area contributed by atoms with Crippen LogP contribution in [-0.4, -0.2) is 30.3 Å². The molecule has 0 aliphatic heterocycles. The van der Waals surface area contributed by atoms with Gasteiger partial charge in [-0.05, 0) is 52.4 Å². The van der Waals surface area contributed by atoms with Gasteiger partial charge in [-0.2, -0.15) is 0 Å². The topological polar surface area (TPSA) is 61.5 Å². The van der Waals surface area contributed by atoms with Gasteiger partial charge in [0.05, 0.1) is 5.60 Å². The van der Waals surface area contributed by atoms with E-state index in [9.17, 15) is 4.79 Å². The molecule has 0 aromatic rings. The summed E-state index contributed by atoms with van der Waals surface area (Å²) in [6.07, 6.45) is 6.73. The van der Waals surface area contributed by atoms with Gasteiger partial charge in [0.15, 0.2) is 0 Å². The van der Waals surface area contributed by atoms with Gasteiger partial charge in [-0.15, -0.1) is 0 Å². The van der Waals surface area contributed by atoms with Crippen molar-refractivity contribution in [3.8, 4) is 0 Å². The van der Waals surface area contributed by atoms with E-state index >= 15 is 0 Å². The summed E-state index contributed by atoms with van der Waals surface area (Å²) in [6, 6.07) is 0. The molecule has 0 bridgehead atoms. The minimum Gasteiger partial charge on any atom is -0.458 e. The molecule has 2 N–H and O–H groups in total.